The topological polar surface area (TPSA) is 88.4 Å². The largest absolute Gasteiger partial charge is 0.477 e. The summed E-state index contributed by atoms with van der Waals surface area (Å²) in [6, 6.07) is 0.995. The maximum absolute atomic E-state index is 12.2. The van der Waals surface area contributed by atoms with Gasteiger partial charge in [0.2, 0.25) is 10.0 Å². The van der Waals surface area contributed by atoms with Gasteiger partial charge in [0, 0.05) is 18.8 Å². The SMILES string of the molecule is CCn1cc(S(=O)(=O)NC(C)CC(C)C)cc1C(=O)O. The van der Waals surface area contributed by atoms with Crippen LogP contribution < -0.4 is 4.72 Å². The lowest BCUT2D eigenvalue weighted by Crippen LogP contribution is -2.33. The molecule has 0 saturated heterocycles. The molecule has 1 rings (SSSR count). The molecule has 1 aromatic rings. The summed E-state index contributed by atoms with van der Waals surface area (Å²) in [7, 11) is -3.68. The molecule has 0 amide bonds. The summed E-state index contributed by atoms with van der Waals surface area (Å²) >= 11 is 0. The fourth-order valence-electron chi connectivity index (χ4n) is 2.16. The molecule has 114 valence electrons. The number of carboxylic acids is 1. The van der Waals surface area contributed by atoms with Gasteiger partial charge in [0.1, 0.15) is 10.6 Å². The van der Waals surface area contributed by atoms with Gasteiger partial charge in [-0.3, -0.25) is 0 Å². The van der Waals surface area contributed by atoms with Gasteiger partial charge in [-0.1, -0.05) is 13.8 Å². The highest BCUT2D eigenvalue weighted by Gasteiger charge is 2.22. The van der Waals surface area contributed by atoms with Gasteiger partial charge >= 0.3 is 5.97 Å². The van der Waals surface area contributed by atoms with E-state index in [0.29, 0.717) is 12.5 Å². The Balaban J connectivity index is 3.01. The molecule has 0 saturated carbocycles. The average molecular weight is 302 g/mol. The summed E-state index contributed by atoms with van der Waals surface area (Å²) in [6.07, 6.45) is 2.08. The number of aromatic nitrogens is 1. The van der Waals surface area contributed by atoms with Crippen LogP contribution in [-0.2, 0) is 16.6 Å². The van der Waals surface area contributed by atoms with Crippen molar-refractivity contribution in [2.75, 3.05) is 0 Å². The third-order valence-corrected chi connectivity index (χ3v) is 4.48. The molecule has 1 heterocycles. The third-order valence-electron chi connectivity index (χ3n) is 2.92. The molecule has 6 nitrogen and oxygen atoms in total. The Bertz CT molecular complexity index is 575. The van der Waals surface area contributed by atoms with E-state index < -0.39 is 16.0 Å². The fraction of sp³-hybridized carbons (Fsp3) is 0.615. The van der Waals surface area contributed by atoms with Gasteiger partial charge < -0.3 is 9.67 Å². The first-order valence-corrected chi connectivity index (χ1v) is 8.11. The van der Waals surface area contributed by atoms with Crippen LogP contribution in [0.15, 0.2) is 17.2 Å². The van der Waals surface area contributed by atoms with E-state index in [4.69, 9.17) is 5.11 Å². The van der Waals surface area contributed by atoms with Crippen molar-refractivity contribution in [1.82, 2.24) is 9.29 Å². The zero-order valence-electron chi connectivity index (χ0n) is 12.3. The Morgan fingerprint density at radius 2 is 2.00 bits per heavy atom. The zero-order valence-corrected chi connectivity index (χ0v) is 13.1. The summed E-state index contributed by atoms with van der Waals surface area (Å²) in [6.45, 7) is 7.99. The molecule has 1 aromatic heterocycles. The Hall–Kier alpha value is -1.34. The van der Waals surface area contributed by atoms with Crippen molar-refractivity contribution in [2.24, 2.45) is 5.92 Å². The highest BCUT2D eigenvalue weighted by Crippen LogP contribution is 2.16. The number of hydrogen-bond donors (Lipinski definition) is 2. The number of aryl methyl sites for hydroxylation is 1. The van der Waals surface area contributed by atoms with Crippen molar-refractivity contribution in [3.05, 3.63) is 18.0 Å². The standard InChI is InChI=1S/C13H22N2O4S/c1-5-15-8-11(7-12(15)13(16)17)20(18,19)14-10(4)6-9(2)3/h7-10,14H,5-6H2,1-4H3,(H,16,17). The first kappa shape index (κ1) is 16.7. The summed E-state index contributed by atoms with van der Waals surface area (Å²) in [4.78, 5) is 11.0. The zero-order chi connectivity index (χ0) is 15.5. The first-order chi connectivity index (χ1) is 9.17. The maximum Gasteiger partial charge on any atom is 0.352 e. The van der Waals surface area contributed by atoms with Crippen molar-refractivity contribution < 1.29 is 18.3 Å². The van der Waals surface area contributed by atoms with Crippen LogP contribution in [0.2, 0.25) is 0 Å². The van der Waals surface area contributed by atoms with Gasteiger partial charge in [-0.25, -0.2) is 17.9 Å². The molecule has 0 fully saturated rings. The molecule has 20 heavy (non-hydrogen) atoms. The monoisotopic (exact) mass is 302 g/mol. The molecule has 0 spiro atoms. The second-order valence-corrected chi connectivity index (χ2v) is 7.02. The number of nitrogens with one attached hydrogen (secondary N) is 1. The Kier molecular flexibility index (Phi) is 5.35. The molecule has 0 radical (unpaired) electrons. The lowest BCUT2D eigenvalue weighted by molar-refractivity contribution is 0.0685. The van der Waals surface area contributed by atoms with Crippen LogP contribution in [0.5, 0.6) is 0 Å². The number of hydrogen-bond acceptors (Lipinski definition) is 3. The predicted molar refractivity (Wildman–Crippen MR) is 76.3 cm³/mol. The smallest absolute Gasteiger partial charge is 0.352 e. The lowest BCUT2D eigenvalue weighted by atomic mass is 10.1. The summed E-state index contributed by atoms with van der Waals surface area (Å²) < 4.78 is 28.4. The van der Waals surface area contributed by atoms with Gasteiger partial charge in [0.05, 0.1) is 0 Å². The van der Waals surface area contributed by atoms with Gasteiger partial charge in [-0.15, -0.1) is 0 Å². The van der Waals surface area contributed by atoms with E-state index >= 15 is 0 Å². The van der Waals surface area contributed by atoms with Crippen LogP contribution in [0.25, 0.3) is 0 Å². The van der Waals surface area contributed by atoms with E-state index in [-0.39, 0.29) is 16.6 Å². The first-order valence-electron chi connectivity index (χ1n) is 6.63. The molecule has 0 bridgehead atoms. The fourth-order valence-corrected chi connectivity index (χ4v) is 3.45. The second kappa shape index (κ2) is 6.41. The summed E-state index contributed by atoms with van der Waals surface area (Å²) in [5.41, 5.74) is -0.0237. The normalized spacial score (nSPS) is 13.7. The molecule has 2 N–H and O–H groups in total. The van der Waals surface area contributed by atoms with Crippen LogP contribution in [0.1, 0.15) is 44.6 Å². The average Bonchev–Trinajstić information content (AvgIpc) is 2.71. The number of carboxylic acid groups (broad SMARTS) is 1. The van der Waals surface area contributed by atoms with E-state index in [0.717, 1.165) is 6.42 Å². The van der Waals surface area contributed by atoms with Crippen molar-refractivity contribution >= 4 is 16.0 Å². The predicted octanol–water partition coefficient (Wildman–Crippen LogP) is 1.92. The van der Waals surface area contributed by atoms with Crippen LogP contribution in [0.3, 0.4) is 0 Å². The molecular formula is C13H22N2O4S. The summed E-state index contributed by atoms with van der Waals surface area (Å²) in [5.74, 6) is -0.758. The lowest BCUT2D eigenvalue weighted by Gasteiger charge is -2.15. The Morgan fingerprint density at radius 1 is 1.40 bits per heavy atom. The van der Waals surface area contributed by atoms with Crippen LogP contribution in [0.4, 0.5) is 0 Å². The highest BCUT2D eigenvalue weighted by molar-refractivity contribution is 7.89. The van der Waals surface area contributed by atoms with E-state index in [9.17, 15) is 13.2 Å². The van der Waals surface area contributed by atoms with Crippen LogP contribution in [-0.4, -0.2) is 30.1 Å². The van der Waals surface area contributed by atoms with E-state index in [1.165, 1.54) is 16.8 Å². The second-order valence-electron chi connectivity index (χ2n) is 5.30. The number of sulfonamides is 1. The molecule has 0 aromatic carbocycles. The van der Waals surface area contributed by atoms with Crippen molar-refractivity contribution in [1.29, 1.82) is 0 Å². The Labute approximate surface area is 119 Å². The van der Waals surface area contributed by atoms with E-state index in [2.05, 4.69) is 4.72 Å². The minimum atomic E-state index is -3.68. The quantitative estimate of drug-likeness (QED) is 0.805. The minimum Gasteiger partial charge on any atom is -0.477 e. The van der Waals surface area contributed by atoms with Gasteiger partial charge in [0.25, 0.3) is 0 Å². The number of aromatic carboxylic acids is 1. The van der Waals surface area contributed by atoms with Gasteiger partial charge in [-0.05, 0) is 32.3 Å². The van der Waals surface area contributed by atoms with Gasteiger partial charge in [-0.2, -0.15) is 0 Å². The van der Waals surface area contributed by atoms with Crippen LogP contribution >= 0.6 is 0 Å². The molecule has 7 heteroatoms. The Morgan fingerprint density at radius 3 is 2.40 bits per heavy atom. The molecule has 1 atom stereocenters. The molecular weight excluding hydrogens is 280 g/mol. The van der Waals surface area contributed by atoms with Crippen LogP contribution in [0, 0.1) is 5.92 Å². The molecule has 1 unspecified atom stereocenters. The molecule has 0 aliphatic carbocycles. The third kappa shape index (κ3) is 4.08. The minimum absolute atomic E-state index is 0.00708. The molecule has 0 aliphatic rings. The van der Waals surface area contributed by atoms with E-state index in [1.54, 1.807) is 13.8 Å². The van der Waals surface area contributed by atoms with Gasteiger partial charge in [0.15, 0.2) is 0 Å². The summed E-state index contributed by atoms with van der Waals surface area (Å²) in [5, 5.41) is 9.04. The van der Waals surface area contributed by atoms with Crippen molar-refractivity contribution in [3.8, 4) is 0 Å². The number of carbonyl (C=O) groups is 1. The maximum atomic E-state index is 12.2. The molecule has 0 aliphatic heterocycles. The highest BCUT2D eigenvalue weighted by atomic mass is 32.2. The van der Waals surface area contributed by atoms with Crippen molar-refractivity contribution in [2.45, 2.75) is 51.6 Å². The van der Waals surface area contributed by atoms with E-state index in [1.807, 2.05) is 13.8 Å². The number of nitrogens with zero attached hydrogens (tertiary/aromatic N) is 1. The number of rotatable bonds is 7. The van der Waals surface area contributed by atoms with Crippen molar-refractivity contribution in [3.63, 3.8) is 0 Å².